The fourth-order valence-electron chi connectivity index (χ4n) is 3.90. The van der Waals surface area contributed by atoms with Crippen LogP contribution in [0, 0.1) is 0 Å². The van der Waals surface area contributed by atoms with Crippen LogP contribution >= 0.6 is 11.6 Å². The number of carbonyl (C=O) groups is 3. The smallest absolute Gasteiger partial charge is 0.466 e. The predicted molar refractivity (Wildman–Crippen MR) is 132 cm³/mol. The standard InChI is InChI=1S/C24H26ClF3N6O6/c1-4-40-22(36)20-16(11-39-12-17-31-33-34(32-17)10-9-29-23(37)24(26,27)28)30-13(2)18(21(35)38-3)19(20)14-7-5-6-8-15(14)25/h5-8,19,30H,4,9-12H2,1-3H3,(H,29,37). The fourth-order valence-corrected chi connectivity index (χ4v) is 4.15. The third-order valence-corrected chi connectivity index (χ3v) is 5.93. The number of hydrogen-bond donors (Lipinski definition) is 2. The van der Waals surface area contributed by atoms with Gasteiger partial charge in [-0.1, -0.05) is 29.8 Å². The molecule has 16 heteroatoms. The number of benzene rings is 1. The van der Waals surface area contributed by atoms with E-state index in [-0.39, 0.29) is 49.9 Å². The molecule has 0 spiro atoms. The van der Waals surface area contributed by atoms with E-state index in [0.717, 1.165) is 4.80 Å². The van der Waals surface area contributed by atoms with E-state index in [9.17, 15) is 27.6 Å². The SMILES string of the molecule is CCOC(=O)C1=C(COCc2nnn(CCNC(=O)C(F)(F)F)n2)NC(C)=C(C(=O)OC)C1c1ccccc1Cl. The number of ether oxygens (including phenoxy) is 3. The lowest BCUT2D eigenvalue weighted by Gasteiger charge is -2.31. The van der Waals surface area contributed by atoms with Crippen molar-refractivity contribution in [2.24, 2.45) is 0 Å². The van der Waals surface area contributed by atoms with Gasteiger partial charge < -0.3 is 24.8 Å². The van der Waals surface area contributed by atoms with E-state index in [0.29, 0.717) is 22.0 Å². The summed E-state index contributed by atoms with van der Waals surface area (Å²) in [4.78, 5) is 37.9. The van der Waals surface area contributed by atoms with Crippen molar-refractivity contribution >= 4 is 29.4 Å². The Morgan fingerprint density at radius 3 is 2.52 bits per heavy atom. The Labute approximate surface area is 231 Å². The minimum Gasteiger partial charge on any atom is -0.466 e. The second-order valence-corrected chi connectivity index (χ2v) is 8.68. The van der Waals surface area contributed by atoms with E-state index >= 15 is 0 Å². The van der Waals surface area contributed by atoms with E-state index in [1.54, 1.807) is 43.4 Å². The van der Waals surface area contributed by atoms with Gasteiger partial charge in [-0.3, -0.25) is 4.79 Å². The average Bonchev–Trinajstić information content (AvgIpc) is 3.35. The summed E-state index contributed by atoms with van der Waals surface area (Å²) in [5.41, 5.74) is 1.46. The number of esters is 2. The minimum atomic E-state index is -4.99. The second-order valence-electron chi connectivity index (χ2n) is 8.27. The maximum atomic E-state index is 13.2. The third kappa shape index (κ3) is 7.35. The number of dihydropyridines is 1. The Morgan fingerprint density at radius 1 is 1.15 bits per heavy atom. The number of halogens is 4. The molecule has 216 valence electrons. The van der Waals surface area contributed by atoms with Crippen LogP contribution in [0.15, 0.2) is 46.8 Å². The topological polar surface area (TPSA) is 147 Å². The van der Waals surface area contributed by atoms with Crippen LogP contribution in [0.25, 0.3) is 0 Å². The van der Waals surface area contributed by atoms with E-state index in [2.05, 4.69) is 20.7 Å². The summed E-state index contributed by atoms with van der Waals surface area (Å²) in [7, 11) is 1.23. The minimum absolute atomic E-state index is 0.0679. The largest absolute Gasteiger partial charge is 0.471 e. The molecule has 1 aromatic heterocycles. The van der Waals surface area contributed by atoms with Gasteiger partial charge in [0.15, 0.2) is 5.82 Å². The van der Waals surface area contributed by atoms with Crippen molar-refractivity contribution in [1.82, 2.24) is 30.8 Å². The van der Waals surface area contributed by atoms with Gasteiger partial charge in [0.2, 0.25) is 0 Å². The number of rotatable bonds is 11. The number of alkyl halides is 3. The highest BCUT2D eigenvalue weighted by Crippen LogP contribution is 2.41. The van der Waals surface area contributed by atoms with Gasteiger partial charge in [0.1, 0.15) is 6.61 Å². The first kappa shape index (κ1) is 30.6. The molecule has 2 N–H and O–H groups in total. The monoisotopic (exact) mass is 586 g/mol. The molecule has 1 aliphatic heterocycles. The van der Waals surface area contributed by atoms with Gasteiger partial charge in [-0.15, -0.1) is 10.2 Å². The molecule has 1 aromatic carbocycles. The van der Waals surface area contributed by atoms with Crippen molar-refractivity contribution < 1.29 is 41.8 Å². The van der Waals surface area contributed by atoms with Crippen LogP contribution in [0.5, 0.6) is 0 Å². The van der Waals surface area contributed by atoms with Crippen LogP contribution in [-0.4, -0.2) is 71.1 Å². The van der Waals surface area contributed by atoms with Gasteiger partial charge >= 0.3 is 24.0 Å². The molecule has 3 rings (SSSR count). The molecule has 1 amide bonds. The highest BCUT2D eigenvalue weighted by atomic mass is 35.5. The Balaban J connectivity index is 1.81. The quantitative estimate of drug-likeness (QED) is 0.376. The van der Waals surface area contributed by atoms with Crippen molar-refractivity contribution in [3.63, 3.8) is 0 Å². The van der Waals surface area contributed by atoms with Gasteiger partial charge in [0, 0.05) is 17.3 Å². The van der Waals surface area contributed by atoms with E-state index in [4.69, 9.17) is 25.8 Å². The van der Waals surface area contributed by atoms with Gasteiger partial charge in [0.05, 0.1) is 49.6 Å². The van der Waals surface area contributed by atoms with Crippen LogP contribution in [0.4, 0.5) is 13.2 Å². The lowest BCUT2D eigenvalue weighted by atomic mass is 9.80. The van der Waals surface area contributed by atoms with Crippen LogP contribution in [0.1, 0.15) is 31.2 Å². The molecule has 1 unspecified atom stereocenters. The van der Waals surface area contributed by atoms with Crippen molar-refractivity contribution in [2.75, 3.05) is 26.9 Å². The van der Waals surface area contributed by atoms with Crippen LogP contribution in [-0.2, 0) is 41.7 Å². The Hall–Kier alpha value is -3.98. The Kier molecular flexibility index (Phi) is 10.2. The van der Waals surface area contributed by atoms with Crippen LogP contribution < -0.4 is 10.6 Å². The van der Waals surface area contributed by atoms with Crippen molar-refractivity contribution in [2.45, 2.75) is 39.1 Å². The number of allylic oxidation sites excluding steroid dienone is 1. The van der Waals surface area contributed by atoms with E-state index in [1.807, 2.05) is 0 Å². The van der Waals surface area contributed by atoms with Crippen molar-refractivity contribution in [3.05, 3.63) is 63.2 Å². The molecule has 0 bridgehead atoms. The molecule has 0 aliphatic carbocycles. The summed E-state index contributed by atoms with van der Waals surface area (Å²) < 4.78 is 52.8. The summed E-state index contributed by atoms with van der Waals surface area (Å²) in [6.07, 6.45) is -4.99. The number of tetrazole rings is 1. The summed E-state index contributed by atoms with van der Waals surface area (Å²) in [5, 5.41) is 16.5. The van der Waals surface area contributed by atoms with E-state index < -0.39 is 29.9 Å². The number of carbonyl (C=O) groups excluding carboxylic acids is 3. The molecule has 1 aliphatic rings. The molecular formula is C24H26ClF3N6O6. The van der Waals surface area contributed by atoms with Crippen LogP contribution in [0.3, 0.4) is 0 Å². The maximum Gasteiger partial charge on any atom is 0.471 e. The molecule has 2 heterocycles. The molecular weight excluding hydrogens is 561 g/mol. The molecule has 40 heavy (non-hydrogen) atoms. The molecule has 0 fully saturated rings. The first-order valence-corrected chi connectivity index (χ1v) is 12.3. The average molecular weight is 587 g/mol. The number of amides is 1. The zero-order valence-corrected chi connectivity index (χ0v) is 22.4. The molecule has 0 radical (unpaired) electrons. The maximum absolute atomic E-state index is 13.2. The van der Waals surface area contributed by atoms with Crippen molar-refractivity contribution in [1.29, 1.82) is 0 Å². The fraction of sp³-hybridized carbons (Fsp3) is 0.417. The summed E-state index contributed by atoms with van der Waals surface area (Å²) in [6, 6.07) is 6.75. The number of hydrogen-bond acceptors (Lipinski definition) is 10. The normalized spacial score (nSPS) is 15.5. The highest BCUT2D eigenvalue weighted by Gasteiger charge is 2.40. The Morgan fingerprint density at radius 2 is 1.88 bits per heavy atom. The zero-order valence-electron chi connectivity index (χ0n) is 21.7. The Bertz CT molecular complexity index is 1330. The molecule has 0 saturated heterocycles. The first-order valence-electron chi connectivity index (χ1n) is 11.9. The molecule has 0 saturated carbocycles. The predicted octanol–water partition coefficient (Wildman–Crippen LogP) is 2.17. The molecule has 12 nitrogen and oxygen atoms in total. The van der Waals surface area contributed by atoms with Crippen LogP contribution in [0.2, 0.25) is 5.02 Å². The summed E-state index contributed by atoms with van der Waals surface area (Å²) in [6.45, 7) is 2.47. The van der Waals surface area contributed by atoms with Gasteiger partial charge in [-0.05, 0) is 30.7 Å². The first-order chi connectivity index (χ1) is 19.0. The highest BCUT2D eigenvalue weighted by molar-refractivity contribution is 6.31. The molecule has 1 atom stereocenters. The number of aromatic nitrogens is 4. The third-order valence-electron chi connectivity index (χ3n) is 5.59. The molecule has 2 aromatic rings. The number of nitrogens with one attached hydrogen (secondary N) is 2. The lowest BCUT2D eigenvalue weighted by Crippen LogP contribution is -2.38. The zero-order chi connectivity index (χ0) is 29.4. The van der Waals surface area contributed by atoms with E-state index in [1.165, 1.54) is 7.11 Å². The second kappa shape index (κ2) is 13.4. The lowest BCUT2D eigenvalue weighted by molar-refractivity contribution is -0.173. The number of nitrogens with zero attached hydrogens (tertiary/aromatic N) is 4. The van der Waals surface area contributed by atoms with Gasteiger partial charge in [-0.2, -0.15) is 18.0 Å². The van der Waals surface area contributed by atoms with Gasteiger partial charge in [0.25, 0.3) is 0 Å². The summed E-state index contributed by atoms with van der Waals surface area (Å²) in [5.74, 6) is -4.26. The van der Waals surface area contributed by atoms with Gasteiger partial charge in [-0.25, -0.2) is 9.59 Å². The summed E-state index contributed by atoms with van der Waals surface area (Å²) >= 11 is 6.47. The number of methoxy groups -OCH3 is 1. The van der Waals surface area contributed by atoms with Crippen molar-refractivity contribution in [3.8, 4) is 0 Å².